The monoisotopic (exact) mass is 513 g/mol. The highest BCUT2D eigenvalue weighted by Crippen LogP contribution is 2.30. The molecule has 10 heteroatoms. The van der Waals surface area contributed by atoms with E-state index in [-0.39, 0.29) is 12.4 Å². The molecule has 1 aliphatic rings. The third-order valence-electron chi connectivity index (χ3n) is 6.13. The minimum atomic E-state index is -0.279. The number of ether oxygens (including phenoxy) is 2. The number of aromatic nitrogens is 2. The van der Waals surface area contributed by atoms with Crippen LogP contribution < -0.4 is 20.2 Å². The van der Waals surface area contributed by atoms with Crippen molar-refractivity contribution in [1.82, 2.24) is 20.3 Å². The SMILES string of the molecule is COc1cc2ncnc(Nc3ccc(OCc4cccc(F)c4)c(C)c3)c2cc1/C=N/NC1=NCCN1C. The lowest BCUT2D eigenvalue weighted by Crippen LogP contribution is -2.32. The molecule has 194 valence electrons. The van der Waals surface area contributed by atoms with Gasteiger partial charge < -0.3 is 19.7 Å². The number of hydrogen-bond donors (Lipinski definition) is 2. The Hall–Kier alpha value is -4.73. The average Bonchev–Trinajstić information content (AvgIpc) is 3.32. The Morgan fingerprint density at radius 3 is 2.76 bits per heavy atom. The third kappa shape index (κ3) is 5.64. The number of benzene rings is 3. The first kappa shape index (κ1) is 24.9. The first-order valence-electron chi connectivity index (χ1n) is 12.1. The van der Waals surface area contributed by atoms with Crippen LogP contribution in [0.25, 0.3) is 10.9 Å². The molecule has 0 saturated heterocycles. The fraction of sp³-hybridized carbons (Fsp3) is 0.214. The highest BCUT2D eigenvalue weighted by Gasteiger charge is 2.13. The van der Waals surface area contributed by atoms with Gasteiger partial charge >= 0.3 is 0 Å². The lowest BCUT2D eigenvalue weighted by Gasteiger charge is -2.14. The quantitative estimate of drug-likeness (QED) is 0.262. The summed E-state index contributed by atoms with van der Waals surface area (Å²) in [4.78, 5) is 15.3. The van der Waals surface area contributed by atoms with Crippen LogP contribution in [0, 0.1) is 12.7 Å². The van der Waals surface area contributed by atoms with Crippen LogP contribution in [0.3, 0.4) is 0 Å². The molecule has 0 fully saturated rings. The number of guanidine groups is 1. The van der Waals surface area contributed by atoms with Crippen LogP contribution in [0.1, 0.15) is 16.7 Å². The van der Waals surface area contributed by atoms with Crippen molar-refractivity contribution in [2.45, 2.75) is 13.5 Å². The number of likely N-dealkylation sites (N-methyl/N-ethyl adjacent to an activating group) is 1. The molecule has 2 N–H and O–H groups in total. The minimum absolute atomic E-state index is 0.279. The Kier molecular flexibility index (Phi) is 7.30. The van der Waals surface area contributed by atoms with Gasteiger partial charge in [0.15, 0.2) is 0 Å². The van der Waals surface area contributed by atoms with Crippen molar-refractivity contribution in [3.63, 3.8) is 0 Å². The molecule has 0 saturated carbocycles. The van der Waals surface area contributed by atoms with Gasteiger partial charge in [-0.1, -0.05) is 12.1 Å². The van der Waals surface area contributed by atoms with Gasteiger partial charge in [-0.3, -0.25) is 0 Å². The van der Waals surface area contributed by atoms with E-state index in [9.17, 15) is 4.39 Å². The predicted octanol–water partition coefficient (Wildman–Crippen LogP) is 4.63. The van der Waals surface area contributed by atoms with Crippen molar-refractivity contribution < 1.29 is 13.9 Å². The molecule has 0 spiro atoms. The van der Waals surface area contributed by atoms with Crippen molar-refractivity contribution in [2.75, 3.05) is 32.6 Å². The minimum Gasteiger partial charge on any atom is -0.496 e. The van der Waals surface area contributed by atoms with E-state index >= 15 is 0 Å². The molecule has 0 amide bonds. The van der Waals surface area contributed by atoms with Crippen LogP contribution in [0.4, 0.5) is 15.9 Å². The molecule has 0 aliphatic carbocycles. The Labute approximate surface area is 220 Å². The van der Waals surface area contributed by atoms with Gasteiger partial charge in [0.05, 0.1) is 25.4 Å². The van der Waals surface area contributed by atoms with Gasteiger partial charge in [0, 0.05) is 36.3 Å². The van der Waals surface area contributed by atoms with Gasteiger partial charge in [-0.15, -0.1) is 0 Å². The van der Waals surface area contributed by atoms with Gasteiger partial charge in [0.1, 0.15) is 36.1 Å². The lowest BCUT2D eigenvalue weighted by molar-refractivity contribution is 0.303. The van der Waals surface area contributed by atoms with Crippen LogP contribution >= 0.6 is 0 Å². The number of hydrazone groups is 1. The van der Waals surface area contributed by atoms with E-state index in [1.807, 2.05) is 55.3 Å². The maximum Gasteiger partial charge on any atom is 0.214 e. The predicted molar refractivity (Wildman–Crippen MR) is 147 cm³/mol. The van der Waals surface area contributed by atoms with Crippen molar-refractivity contribution in [2.24, 2.45) is 10.1 Å². The maximum atomic E-state index is 13.5. The molecule has 38 heavy (non-hydrogen) atoms. The summed E-state index contributed by atoms with van der Waals surface area (Å²) in [5.41, 5.74) is 7.03. The van der Waals surface area contributed by atoms with E-state index in [2.05, 4.69) is 30.8 Å². The average molecular weight is 514 g/mol. The van der Waals surface area contributed by atoms with Crippen molar-refractivity contribution in [3.8, 4) is 11.5 Å². The highest BCUT2D eigenvalue weighted by atomic mass is 19.1. The second-order valence-electron chi connectivity index (χ2n) is 8.85. The summed E-state index contributed by atoms with van der Waals surface area (Å²) in [6, 6.07) is 16.0. The summed E-state index contributed by atoms with van der Waals surface area (Å²) in [7, 11) is 3.58. The number of fused-ring (bicyclic) bond motifs is 1. The molecular formula is C28H28FN7O2. The molecule has 0 bridgehead atoms. The molecule has 3 aromatic carbocycles. The number of rotatable bonds is 8. The van der Waals surface area contributed by atoms with Gasteiger partial charge in [-0.25, -0.2) is 24.8 Å². The smallest absolute Gasteiger partial charge is 0.214 e. The summed E-state index contributed by atoms with van der Waals surface area (Å²) < 4.78 is 24.9. The largest absolute Gasteiger partial charge is 0.496 e. The fourth-order valence-electron chi connectivity index (χ4n) is 4.10. The molecule has 1 aliphatic heterocycles. The van der Waals surface area contributed by atoms with E-state index in [4.69, 9.17) is 9.47 Å². The number of nitrogens with zero attached hydrogens (tertiary/aromatic N) is 5. The third-order valence-corrected chi connectivity index (χ3v) is 6.13. The van der Waals surface area contributed by atoms with E-state index < -0.39 is 0 Å². The summed E-state index contributed by atoms with van der Waals surface area (Å²) in [6.07, 6.45) is 3.20. The molecular weight excluding hydrogens is 485 g/mol. The lowest BCUT2D eigenvalue weighted by atomic mass is 10.1. The topological polar surface area (TPSA) is 96.3 Å². The van der Waals surface area contributed by atoms with Gasteiger partial charge in [0.25, 0.3) is 0 Å². The van der Waals surface area contributed by atoms with Crippen molar-refractivity contribution >= 4 is 34.6 Å². The van der Waals surface area contributed by atoms with E-state index in [1.165, 1.54) is 18.5 Å². The fourth-order valence-corrected chi connectivity index (χ4v) is 4.10. The summed E-state index contributed by atoms with van der Waals surface area (Å²) in [6.45, 7) is 3.86. The highest BCUT2D eigenvalue weighted by molar-refractivity contribution is 5.98. The van der Waals surface area contributed by atoms with E-state index in [0.717, 1.165) is 58.1 Å². The Balaban J connectivity index is 1.35. The first-order chi connectivity index (χ1) is 18.5. The Morgan fingerprint density at radius 2 is 2.00 bits per heavy atom. The van der Waals surface area contributed by atoms with Crippen molar-refractivity contribution in [1.29, 1.82) is 0 Å². The van der Waals surface area contributed by atoms with Crippen LogP contribution in [0.15, 0.2) is 71.0 Å². The molecule has 9 nitrogen and oxygen atoms in total. The second-order valence-corrected chi connectivity index (χ2v) is 8.85. The molecule has 5 rings (SSSR count). The normalized spacial score (nSPS) is 13.2. The van der Waals surface area contributed by atoms with E-state index in [0.29, 0.717) is 11.6 Å². The number of aryl methyl sites for hydroxylation is 1. The van der Waals surface area contributed by atoms with Gasteiger partial charge in [-0.2, -0.15) is 5.10 Å². The summed E-state index contributed by atoms with van der Waals surface area (Å²) in [5, 5.41) is 8.54. The molecule has 2 heterocycles. The summed E-state index contributed by atoms with van der Waals surface area (Å²) in [5.74, 6) is 2.46. The van der Waals surface area contributed by atoms with Gasteiger partial charge in [-0.05, 0) is 54.4 Å². The number of nitrogens with one attached hydrogen (secondary N) is 2. The van der Waals surface area contributed by atoms with Crippen LogP contribution in [0.5, 0.6) is 11.5 Å². The number of anilines is 2. The molecule has 0 atom stereocenters. The zero-order chi connectivity index (χ0) is 26.5. The van der Waals surface area contributed by atoms with Gasteiger partial charge in [0.2, 0.25) is 5.96 Å². The van der Waals surface area contributed by atoms with Crippen LogP contribution in [-0.2, 0) is 6.61 Å². The summed E-state index contributed by atoms with van der Waals surface area (Å²) >= 11 is 0. The Bertz CT molecular complexity index is 1520. The zero-order valence-electron chi connectivity index (χ0n) is 21.4. The zero-order valence-corrected chi connectivity index (χ0v) is 21.4. The van der Waals surface area contributed by atoms with Crippen LogP contribution in [-0.4, -0.2) is 54.3 Å². The van der Waals surface area contributed by atoms with E-state index in [1.54, 1.807) is 19.4 Å². The van der Waals surface area contributed by atoms with Crippen LogP contribution in [0.2, 0.25) is 0 Å². The molecule has 0 unspecified atom stereocenters. The maximum absolute atomic E-state index is 13.5. The van der Waals surface area contributed by atoms with Crippen molar-refractivity contribution in [3.05, 3.63) is 83.4 Å². The second kappa shape index (κ2) is 11.1. The molecule has 4 aromatic rings. The standard InChI is InChI=1S/C28H28FN7O2/c1-18-11-22(7-8-25(18)38-16-19-5-4-6-21(29)12-19)34-27-23-13-20(15-33-35-28-30-9-10-36(28)2)26(37-3)14-24(23)31-17-32-27/h4-8,11-15,17H,9-10,16H2,1-3H3,(H,30,35)(H,31,32,34)/b33-15+. The number of aliphatic imine (C=N–C) groups is 1. The number of hydrogen-bond acceptors (Lipinski definition) is 9. The first-order valence-corrected chi connectivity index (χ1v) is 12.1. The Morgan fingerprint density at radius 1 is 1.11 bits per heavy atom. The number of halogens is 1. The number of methoxy groups -OCH3 is 1. The molecule has 0 radical (unpaired) electrons. The molecule has 1 aromatic heterocycles.